The molecule has 7 nitrogen and oxygen atoms in total. The Morgan fingerprint density at radius 2 is 1.56 bits per heavy atom. The maximum atomic E-state index is 12.9. The summed E-state index contributed by atoms with van der Waals surface area (Å²) < 4.78 is 0. The van der Waals surface area contributed by atoms with Gasteiger partial charge in [0.25, 0.3) is 11.6 Å². The molecule has 2 aromatic carbocycles. The lowest BCUT2D eigenvalue weighted by Gasteiger charge is -2.28. The fraction of sp³-hybridized carbons (Fsp3) is 0.333. The van der Waals surface area contributed by atoms with Crippen LogP contribution in [0, 0.1) is 10.1 Å². The Labute approximate surface area is 191 Å². The number of hydrogen-bond donors (Lipinski definition) is 2. The van der Waals surface area contributed by atoms with Crippen molar-refractivity contribution in [2.45, 2.75) is 52.4 Å². The van der Waals surface area contributed by atoms with Crippen molar-refractivity contribution in [3.63, 3.8) is 0 Å². The zero-order chi connectivity index (χ0) is 23.8. The van der Waals surface area contributed by atoms with E-state index in [1.807, 2.05) is 41.5 Å². The van der Waals surface area contributed by atoms with Crippen molar-refractivity contribution in [1.82, 2.24) is 4.98 Å². The molecule has 0 bridgehead atoms. The molecule has 32 heavy (non-hydrogen) atoms. The number of aromatic hydroxyl groups is 1. The summed E-state index contributed by atoms with van der Waals surface area (Å²) in [6, 6.07) is 9.65. The van der Waals surface area contributed by atoms with Gasteiger partial charge in [0.1, 0.15) is 16.5 Å². The van der Waals surface area contributed by atoms with Crippen LogP contribution in [0.4, 0.5) is 11.4 Å². The number of aromatic nitrogens is 1. The van der Waals surface area contributed by atoms with Gasteiger partial charge in [-0.25, -0.2) is 4.98 Å². The van der Waals surface area contributed by atoms with Crippen LogP contribution >= 0.6 is 11.3 Å². The van der Waals surface area contributed by atoms with E-state index in [2.05, 4.69) is 10.3 Å². The van der Waals surface area contributed by atoms with Crippen LogP contribution in [-0.4, -0.2) is 20.9 Å². The Hall–Kier alpha value is -3.26. The van der Waals surface area contributed by atoms with E-state index in [1.54, 1.807) is 29.6 Å². The largest absolute Gasteiger partial charge is 0.507 e. The summed E-state index contributed by atoms with van der Waals surface area (Å²) in [6.45, 7) is 12.1. The van der Waals surface area contributed by atoms with Crippen LogP contribution in [-0.2, 0) is 10.8 Å². The van der Waals surface area contributed by atoms with Crippen LogP contribution in [0.15, 0.2) is 41.8 Å². The number of nitro groups is 1. The summed E-state index contributed by atoms with van der Waals surface area (Å²) in [5.41, 5.74) is 2.44. The topological polar surface area (TPSA) is 105 Å². The van der Waals surface area contributed by atoms with Crippen molar-refractivity contribution in [3.8, 4) is 16.3 Å². The van der Waals surface area contributed by atoms with Crippen molar-refractivity contribution >= 4 is 28.6 Å². The molecule has 2 N–H and O–H groups in total. The highest BCUT2D eigenvalue weighted by Gasteiger charge is 2.27. The van der Waals surface area contributed by atoms with Crippen molar-refractivity contribution in [2.75, 3.05) is 5.32 Å². The van der Waals surface area contributed by atoms with Gasteiger partial charge in [-0.2, -0.15) is 0 Å². The standard InChI is InChI=1S/C24H27N3O4S/c1-23(2,3)17-11-15(12-18(20(17)28)24(4,5)6)25-21(29)19-13-32-22(26-19)14-7-9-16(10-8-14)27(30)31/h7-13,28H,1-6H3,(H,25,29). The summed E-state index contributed by atoms with van der Waals surface area (Å²) in [4.78, 5) is 27.7. The van der Waals surface area contributed by atoms with E-state index in [4.69, 9.17) is 0 Å². The predicted octanol–water partition coefficient (Wildman–Crippen LogP) is 6.27. The van der Waals surface area contributed by atoms with Gasteiger partial charge in [-0.1, -0.05) is 41.5 Å². The molecule has 0 fully saturated rings. The number of hydrogen-bond acceptors (Lipinski definition) is 6. The number of nitrogens with one attached hydrogen (secondary N) is 1. The van der Waals surface area contributed by atoms with E-state index in [9.17, 15) is 20.0 Å². The number of anilines is 1. The Morgan fingerprint density at radius 1 is 1.03 bits per heavy atom. The molecule has 3 rings (SSSR count). The van der Waals surface area contributed by atoms with Crippen LogP contribution in [0.25, 0.3) is 10.6 Å². The van der Waals surface area contributed by atoms with E-state index in [0.717, 1.165) is 11.1 Å². The van der Waals surface area contributed by atoms with E-state index in [1.165, 1.54) is 23.5 Å². The maximum absolute atomic E-state index is 12.9. The van der Waals surface area contributed by atoms with Crippen molar-refractivity contribution < 1.29 is 14.8 Å². The molecule has 8 heteroatoms. The number of phenols is 1. The number of carbonyl (C=O) groups excluding carboxylic acids is 1. The smallest absolute Gasteiger partial charge is 0.275 e. The van der Waals surface area contributed by atoms with Gasteiger partial charge in [-0.3, -0.25) is 14.9 Å². The van der Waals surface area contributed by atoms with Crippen molar-refractivity contribution in [3.05, 3.63) is 68.7 Å². The van der Waals surface area contributed by atoms with E-state index < -0.39 is 4.92 Å². The number of phenolic OH excluding ortho intramolecular Hbond substituents is 1. The number of carbonyl (C=O) groups is 1. The number of nitrogens with zero attached hydrogens (tertiary/aromatic N) is 2. The molecule has 0 atom stereocenters. The summed E-state index contributed by atoms with van der Waals surface area (Å²) in [6.07, 6.45) is 0. The van der Waals surface area contributed by atoms with Crippen LogP contribution in [0.1, 0.15) is 63.2 Å². The first kappa shape index (κ1) is 23.4. The monoisotopic (exact) mass is 453 g/mol. The number of thiazole rings is 1. The lowest BCUT2D eigenvalue weighted by Crippen LogP contribution is -2.19. The molecule has 3 aromatic rings. The normalized spacial score (nSPS) is 11.9. The third-order valence-corrected chi connectivity index (χ3v) is 5.94. The summed E-state index contributed by atoms with van der Waals surface area (Å²) >= 11 is 1.29. The molecular formula is C24H27N3O4S. The molecule has 0 aliphatic carbocycles. The Morgan fingerprint density at radius 3 is 2.03 bits per heavy atom. The number of non-ortho nitro benzene ring substituents is 1. The number of rotatable bonds is 4. The summed E-state index contributed by atoms with van der Waals surface area (Å²) in [5.74, 6) is -0.114. The first-order valence-electron chi connectivity index (χ1n) is 10.2. The molecule has 1 amide bonds. The summed E-state index contributed by atoms with van der Waals surface area (Å²) in [7, 11) is 0. The van der Waals surface area contributed by atoms with Gasteiger partial charge >= 0.3 is 0 Å². The third-order valence-electron chi connectivity index (χ3n) is 5.05. The minimum Gasteiger partial charge on any atom is -0.507 e. The maximum Gasteiger partial charge on any atom is 0.275 e. The minimum atomic E-state index is -0.458. The number of benzene rings is 2. The van der Waals surface area contributed by atoms with Gasteiger partial charge in [-0.05, 0) is 35.1 Å². The second-order valence-corrected chi connectivity index (χ2v) is 10.6. The zero-order valence-corrected chi connectivity index (χ0v) is 19.8. The van der Waals surface area contributed by atoms with Crippen molar-refractivity contribution in [1.29, 1.82) is 0 Å². The average Bonchev–Trinajstić information content (AvgIpc) is 3.18. The van der Waals surface area contributed by atoms with Crippen molar-refractivity contribution in [2.24, 2.45) is 0 Å². The van der Waals surface area contributed by atoms with Gasteiger partial charge in [0.05, 0.1) is 4.92 Å². The van der Waals surface area contributed by atoms with Gasteiger partial charge < -0.3 is 10.4 Å². The van der Waals surface area contributed by atoms with Gasteiger partial charge in [-0.15, -0.1) is 11.3 Å². The molecule has 0 spiro atoms. The lowest BCUT2D eigenvalue weighted by molar-refractivity contribution is -0.384. The van der Waals surface area contributed by atoms with E-state index in [0.29, 0.717) is 16.3 Å². The molecule has 0 aliphatic heterocycles. The van der Waals surface area contributed by atoms with Crippen LogP contribution in [0.3, 0.4) is 0 Å². The highest BCUT2D eigenvalue weighted by atomic mass is 32.1. The Balaban J connectivity index is 1.90. The Bertz CT molecular complexity index is 1130. The van der Waals surface area contributed by atoms with Crippen LogP contribution in [0.2, 0.25) is 0 Å². The highest BCUT2D eigenvalue weighted by molar-refractivity contribution is 7.13. The zero-order valence-electron chi connectivity index (χ0n) is 19.0. The molecule has 0 radical (unpaired) electrons. The Kier molecular flexibility index (Phi) is 6.11. The minimum absolute atomic E-state index is 0.0000853. The highest BCUT2D eigenvalue weighted by Crippen LogP contribution is 2.41. The molecule has 0 saturated carbocycles. The SMILES string of the molecule is CC(C)(C)c1cc(NC(=O)c2csc(-c3ccc([N+](=O)[O-])cc3)n2)cc(C(C)(C)C)c1O. The number of amides is 1. The molecule has 0 unspecified atom stereocenters. The molecule has 0 aliphatic rings. The third kappa shape index (κ3) is 4.96. The fourth-order valence-electron chi connectivity index (χ4n) is 3.28. The van der Waals surface area contributed by atoms with E-state index in [-0.39, 0.29) is 33.9 Å². The second kappa shape index (κ2) is 8.35. The number of nitro benzene ring substituents is 1. The van der Waals surface area contributed by atoms with Gasteiger partial charge in [0.2, 0.25) is 0 Å². The molecule has 1 heterocycles. The predicted molar refractivity (Wildman–Crippen MR) is 128 cm³/mol. The van der Waals surface area contributed by atoms with Gasteiger partial charge in [0, 0.05) is 39.9 Å². The van der Waals surface area contributed by atoms with E-state index >= 15 is 0 Å². The molecule has 1 aromatic heterocycles. The molecule has 0 saturated heterocycles. The fourth-order valence-corrected chi connectivity index (χ4v) is 4.09. The first-order chi connectivity index (χ1) is 14.8. The van der Waals surface area contributed by atoms with Crippen LogP contribution < -0.4 is 5.32 Å². The summed E-state index contributed by atoms with van der Waals surface area (Å²) in [5, 5.41) is 26.8. The average molecular weight is 454 g/mol. The van der Waals surface area contributed by atoms with Gasteiger partial charge in [0.15, 0.2) is 0 Å². The molecule has 168 valence electrons. The second-order valence-electron chi connectivity index (χ2n) is 9.72. The van der Waals surface area contributed by atoms with Crippen LogP contribution in [0.5, 0.6) is 5.75 Å². The molecular weight excluding hydrogens is 426 g/mol. The lowest BCUT2D eigenvalue weighted by atomic mass is 9.79. The quantitative estimate of drug-likeness (QED) is 0.275. The first-order valence-corrected chi connectivity index (χ1v) is 11.0.